The fourth-order valence-electron chi connectivity index (χ4n) is 3.34. The molecule has 5 rings (SSSR count). The third-order valence-electron chi connectivity index (χ3n) is 4.76. The summed E-state index contributed by atoms with van der Waals surface area (Å²) in [5.74, 6) is 0.530. The third-order valence-corrected chi connectivity index (χ3v) is 4.76. The minimum atomic E-state index is -0.334. The molecule has 28 heavy (non-hydrogen) atoms. The van der Waals surface area contributed by atoms with Crippen molar-refractivity contribution in [2.75, 3.05) is 12.0 Å². The van der Waals surface area contributed by atoms with E-state index in [-0.39, 0.29) is 11.8 Å². The maximum absolute atomic E-state index is 12.7. The molecule has 0 saturated heterocycles. The number of anilines is 1. The van der Waals surface area contributed by atoms with E-state index in [4.69, 9.17) is 9.15 Å². The van der Waals surface area contributed by atoms with Gasteiger partial charge in [-0.3, -0.25) is 9.59 Å². The van der Waals surface area contributed by atoms with E-state index in [1.165, 1.54) is 4.90 Å². The van der Waals surface area contributed by atoms with Crippen LogP contribution in [0.3, 0.4) is 0 Å². The Morgan fingerprint density at radius 1 is 0.893 bits per heavy atom. The van der Waals surface area contributed by atoms with E-state index in [0.29, 0.717) is 33.8 Å². The largest absolute Gasteiger partial charge is 0.497 e. The van der Waals surface area contributed by atoms with E-state index in [1.54, 1.807) is 49.6 Å². The molecule has 0 atom stereocenters. The molecule has 6 nitrogen and oxygen atoms in total. The van der Waals surface area contributed by atoms with Crippen LogP contribution in [0.15, 0.2) is 71.1 Å². The zero-order chi connectivity index (χ0) is 19.3. The van der Waals surface area contributed by atoms with Crippen molar-refractivity contribution in [3.8, 4) is 17.2 Å². The Morgan fingerprint density at radius 3 is 2.21 bits per heavy atom. The Balaban J connectivity index is 1.54. The first-order valence-electron chi connectivity index (χ1n) is 8.68. The monoisotopic (exact) mass is 370 g/mol. The third kappa shape index (κ3) is 2.39. The van der Waals surface area contributed by atoms with Crippen molar-refractivity contribution in [1.29, 1.82) is 0 Å². The summed E-state index contributed by atoms with van der Waals surface area (Å²) in [6.45, 7) is 0. The van der Waals surface area contributed by atoms with Gasteiger partial charge < -0.3 is 9.15 Å². The molecule has 0 N–H and O–H groups in total. The Labute approximate surface area is 160 Å². The van der Waals surface area contributed by atoms with Gasteiger partial charge in [0.2, 0.25) is 5.89 Å². The van der Waals surface area contributed by atoms with Crippen molar-refractivity contribution < 1.29 is 18.7 Å². The summed E-state index contributed by atoms with van der Waals surface area (Å²) in [4.78, 5) is 31.0. The van der Waals surface area contributed by atoms with E-state index < -0.39 is 0 Å². The molecule has 3 aromatic carbocycles. The molecule has 0 fully saturated rings. The zero-order valence-electron chi connectivity index (χ0n) is 14.9. The first-order chi connectivity index (χ1) is 13.7. The van der Waals surface area contributed by atoms with Crippen molar-refractivity contribution in [3.05, 3.63) is 77.9 Å². The predicted octanol–water partition coefficient (Wildman–Crippen LogP) is 4.30. The molecule has 0 bridgehead atoms. The molecule has 136 valence electrons. The molecule has 4 aromatic rings. The zero-order valence-corrected chi connectivity index (χ0v) is 14.9. The van der Waals surface area contributed by atoms with Crippen LogP contribution in [0.25, 0.3) is 22.6 Å². The second-order valence-corrected chi connectivity index (χ2v) is 6.39. The number of oxazole rings is 1. The van der Waals surface area contributed by atoms with Crippen LogP contribution in [0, 0.1) is 0 Å². The lowest BCUT2D eigenvalue weighted by molar-refractivity contribution is 0.0926. The highest BCUT2D eigenvalue weighted by Gasteiger charge is 2.36. The van der Waals surface area contributed by atoms with Gasteiger partial charge >= 0.3 is 0 Å². The van der Waals surface area contributed by atoms with Gasteiger partial charge in [-0.05, 0) is 54.6 Å². The number of benzene rings is 3. The maximum Gasteiger partial charge on any atom is 0.266 e. The Hall–Kier alpha value is -3.93. The van der Waals surface area contributed by atoms with E-state index in [2.05, 4.69) is 4.98 Å². The number of rotatable bonds is 3. The SMILES string of the molecule is COc1ccc(-c2nc3cc(N4C(=O)c5ccccc5C4=O)ccc3o2)cc1. The van der Waals surface area contributed by atoms with E-state index in [9.17, 15) is 9.59 Å². The second-order valence-electron chi connectivity index (χ2n) is 6.39. The molecular formula is C22H14N2O4. The summed E-state index contributed by atoms with van der Waals surface area (Å²) in [5.41, 5.74) is 3.23. The van der Waals surface area contributed by atoms with Gasteiger partial charge in [-0.25, -0.2) is 9.88 Å². The summed E-state index contributed by atoms with van der Waals surface area (Å²) in [7, 11) is 1.61. The number of carbonyl (C=O) groups is 2. The Bertz CT molecular complexity index is 1210. The average molecular weight is 370 g/mol. The van der Waals surface area contributed by atoms with Gasteiger partial charge in [0.1, 0.15) is 11.3 Å². The molecule has 0 radical (unpaired) electrons. The number of nitrogens with zero attached hydrogens (tertiary/aromatic N) is 2. The van der Waals surface area contributed by atoms with Crippen LogP contribution in [0.1, 0.15) is 20.7 Å². The van der Waals surface area contributed by atoms with Gasteiger partial charge in [0.05, 0.1) is 23.9 Å². The number of ether oxygens (including phenoxy) is 1. The Kier molecular flexibility index (Phi) is 3.52. The number of hydrogen-bond acceptors (Lipinski definition) is 5. The van der Waals surface area contributed by atoms with Gasteiger partial charge in [-0.2, -0.15) is 0 Å². The molecule has 2 heterocycles. The van der Waals surface area contributed by atoms with E-state index >= 15 is 0 Å². The Morgan fingerprint density at radius 2 is 1.57 bits per heavy atom. The number of carbonyl (C=O) groups excluding carboxylic acids is 2. The summed E-state index contributed by atoms with van der Waals surface area (Å²) in [6, 6.07) is 19.3. The first kappa shape index (κ1) is 16.3. The topological polar surface area (TPSA) is 72.6 Å². The molecule has 1 aliphatic heterocycles. The summed E-state index contributed by atoms with van der Waals surface area (Å²) in [5, 5.41) is 0. The molecule has 6 heteroatoms. The molecule has 0 spiro atoms. The fraction of sp³-hybridized carbons (Fsp3) is 0.0455. The molecule has 2 amide bonds. The molecule has 0 aliphatic carbocycles. The summed E-state index contributed by atoms with van der Waals surface area (Å²) in [6.07, 6.45) is 0. The van der Waals surface area contributed by atoms with Crippen molar-refractivity contribution >= 4 is 28.6 Å². The standard InChI is InChI=1S/C22H14N2O4/c1-27-15-9-6-13(7-10-15)20-23-18-12-14(8-11-19(18)28-20)24-21(25)16-4-2-3-5-17(16)22(24)26/h2-12H,1H3. The maximum atomic E-state index is 12.7. The highest BCUT2D eigenvalue weighted by atomic mass is 16.5. The highest BCUT2D eigenvalue weighted by molar-refractivity contribution is 6.34. The van der Waals surface area contributed by atoms with Crippen LogP contribution >= 0.6 is 0 Å². The molecule has 0 saturated carbocycles. The van der Waals surface area contributed by atoms with E-state index in [1.807, 2.05) is 24.3 Å². The fourth-order valence-corrected chi connectivity index (χ4v) is 3.34. The summed E-state index contributed by atoms with van der Waals surface area (Å²) < 4.78 is 11.0. The quantitative estimate of drug-likeness (QED) is 0.503. The number of methoxy groups -OCH3 is 1. The number of fused-ring (bicyclic) bond motifs is 2. The van der Waals surface area contributed by atoms with Gasteiger partial charge in [0.15, 0.2) is 5.58 Å². The normalized spacial score (nSPS) is 13.2. The van der Waals surface area contributed by atoms with Crippen LogP contribution in [0.2, 0.25) is 0 Å². The van der Waals surface area contributed by atoms with Crippen LogP contribution in [-0.4, -0.2) is 23.9 Å². The van der Waals surface area contributed by atoms with Crippen LogP contribution in [0.5, 0.6) is 5.75 Å². The minimum Gasteiger partial charge on any atom is -0.497 e. The number of hydrogen-bond donors (Lipinski definition) is 0. The summed E-state index contributed by atoms with van der Waals surface area (Å²) >= 11 is 0. The van der Waals surface area contributed by atoms with Crippen molar-refractivity contribution in [2.24, 2.45) is 0 Å². The number of amides is 2. The van der Waals surface area contributed by atoms with Crippen molar-refractivity contribution in [2.45, 2.75) is 0 Å². The van der Waals surface area contributed by atoms with Gasteiger partial charge in [0.25, 0.3) is 11.8 Å². The smallest absolute Gasteiger partial charge is 0.266 e. The second kappa shape index (κ2) is 6.06. The lowest BCUT2D eigenvalue weighted by Crippen LogP contribution is -2.29. The highest BCUT2D eigenvalue weighted by Crippen LogP contribution is 2.32. The van der Waals surface area contributed by atoms with Crippen LogP contribution < -0.4 is 9.64 Å². The van der Waals surface area contributed by atoms with Crippen molar-refractivity contribution in [1.82, 2.24) is 4.98 Å². The molecule has 1 aromatic heterocycles. The number of imide groups is 1. The lowest BCUT2D eigenvalue weighted by Gasteiger charge is -2.13. The van der Waals surface area contributed by atoms with Gasteiger partial charge in [-0.15, -0.1) is 0 Å². The molecule has 1 aliphatic rings. The van der Waals surface area contributed by atoms with Crippen LogP contribution in [0.4, 0.5) is 5.69 Å². The lowest BCUT2D eigenvalue weighted by atomic mass is 10.1. The molecular weight excluding hydrogens is 356 g/mol. The number of aromatic nitrogens is 1. The van der Waals surface area contributed by atoms with Crippen LogP contribution in [-0.2, 0) is 0 Å². The first-order valence-corrected chi connectivity index (χ1v) is 8.68. The van der Waals surface area contributed by atoms with Crippen molar-refractivity contribution in [3.63, 3.8) is 0 Å². The van der Waals surface area contributed by atoms with Gasteiger partial charge in [0, 0.05) is 5.56 Å². The van der Waals surface area contributed by atoms with E-state index in [0.717, 1.165) is 11.3 Å². The van der Waals surface area contributed by atoms with Gasteiger partial charge in [-0.1, -0.05) is 12.1 Å². The predicted molar refractivity (Wildman–Crippen MR) is 104 cm³/mol. The average Bonchev–Trinajstić information content (AvgIpc) is 3.27. The molecule has 0 unspecified atom stereocenters. The minimum absolute atomic E-state index is 0.334.